The number of nitrogens with zero attached hydrogens (tertiary/aromatic N) is 5. The zero-order chi connectivity index (χ0) is 26.0. The normalized spacial score (nSPS) is 11.5. The highest BCUT2D eigenvalue weighted by molar-refractivity contribution is 7.15. The topological polar surface area (TPSA) is 81.1 Å². The highest BCUT2D eigenvalue weighted by Gasteiger charge is 2.31. The fourth-order valence-corrected chi connectivity index (χ4v) is 4.72. The van der Waals surface area contributed by atoms with Crippen LogP contribution in [0.5, 0.6) is 5.75 Å². The van der Waals surface area contributed by atoms with Crippen LogP contribution in [0.4, 0.5) is 18.9 Å². The largest absolute Gasteiger partial charge is 0.573 e. The number of aryl methyl sites for hydroxylation is 1. The van der Waals surface area contributed by atoms with E-state index < -0.39 is 6.36 Å². The van der Waals surface area contributed by atoms with Crippen LogP contribution in [0.1, 0.15) is 20.9 Å². The van der Waals surface area contributed by atoms with Crippen LogP contribution in [0.25, 0.3) is 21.5 Å². The molecule has 37 heavy (non-hydrogen) atoms. The van der Waals surface area contributed by atoms with Crippen LogP contribution in [0.2, 0.25) is 0 Å². The average Bonchev–Trinajstić information content (AvgIpc) is 3.36. The Hall–Kier alpha value is -4.38. The summed E-state index contributed by atoms with van der Waals surface area (Å²) in [5.74, 6) is -0.613. The van der Waals surface area contributed by atoms with Gasteiger partial charge in [0, 0.05) is 9.75 Å². The molecule has 0 aliphatic heterocycles. The molecule has 1 amide bonds. The Morgan fingerprint density at radius 3 is 2.49 bits per heavy atom. The number of amides is 1. The number of rotatable bonds is 6. The van der Waals surface area contributed by atoms with Crippen LogP contribution < -0.4 is 9.64 Å². The molecule has 0 N–H and O–H groups in total. The van der Waals surface area contributed by atoms with Gasteiger partial charge in [-0.2, -0.15) is 0 Å². The lowest BCUT2D eigenvalue weighted by Gasteiger charge is -2.21. The third kappa shape index (κ3) is 5.56. The van der Waals surface area contributed by atoms with Gasteiger partial charge in [0.25, 0.3) is 5.91 Å². The van der Waals surface area contributed by atoms with Gasteiger partial charge >= 0.3 is 6.36 Å². The number of thiophene rings is 1. The first-order valence-electron chi connectivity index (χ1n) is 11.0. The zero-order valence-electron chi connectivity index (χ0n) is 19.3. The van der Waals surface area contributed by atoms with E-state index in [-0.39, 0.29) is 23.9 Å². The molecule has 2 aromatic carbocycles. The van der Waals surface area contributed by atoms with Gasteiger partial charge < -0.3 is 4.74 Å². The summed E-state index contributed by atoms with van der Waals surface area (Å²) in [6.07, 6.45) is 1.14. The van der Waals surface area contributed by atoms with Gasteiger partial charge in [-0.1, -0.05) is 12.1 Å². The van der Waals surface area contributed by atoms with Crippen molar-refractivity contribution in [2.75, 3.05) is 4.90 Å². The smallest absolute Gasteiger partial charge is 0.406 e. The summed E-state index contributed by atoms with van der Waals surface area (Å²) < 4.78 is 41.9. The number of carbonyl (C=O) groups excluding carboxylic acids is 1. The molecule has 11 heteroatoms. The second-order valence-electron chi connectivity index (χ2n) is 8.03. The lowest BCUT2D eigenvalue weighted by Crippen LogP contribution is -2.31. The van der Waals surface area contributed by atoms with Gasteiger partial charge in [0.15, 0.2) is 0 Å². The van der Waals surface area contributed by atoms with E-state index in [1.165, 1.54) is 47.2 Å². The lowest BCUT2D eigenvalue weighted by molar-refractivity contribution is -0.274. The number of alkyl halides is 3. The second kappa shape index (κ2) is 9.94. The van der Waals surface area contributed by atoms with Crippen LogP contribution in [0.15, 0.2) is 79.5 Å². The average molecular weight is 522 g/mol. The molecule has 0 saturated heterocycles. The number of carbonyl (C=O) groups is 1. The molecule has 186 valence electrons. The van der Waals surface area contributed by atoms with Crippen molar-refractivity contribution in [1.29, 1.82) is 0 Å². The number of aromatic nitrogens is 4. The van der Waals surface area contributed by atoms with Gasteiger partial charge in [0.1, 0.15) is 17.8 Å². The van der Waals surface area contributed by atoms with E-state index in [9.17, 15) is 18.0 Å². The summed E-state index contributed by atoms with van der Waals surface area (Å²) in [4.78, 5) is 33.6. The molecule has 0 aliphatic rings. The molecule has 0 fully saturated rings. The van der Waals surface area contributed by atoms with Gasteiger partial charge in [-0.25, -0.2) is 15.0 Å². The van der Waals surface area contributed by atoms with Gasteiger partial charge in [0.2, 0.25) is 0 Å². The molecular formula is C26H18F3N5O2S. The number of halogens is 3. The molecular weight excluding hydrogens is 503 g/mol. The van der Waals surface area contributed by atoms with Crippen LogP contribution in [-0.4, -0.2) is 32.2 Å². The first-order chi connectivity index (χ1) is 17.8. The van der Waals surface area contributed by atoms with E-state index in [2.05, 4.69) is 24.7 Å². The van der Waals surface area contributed by atoms with E-state index in [1.807, 2.05) is 30.3 Å². The number of ether oxygens (including phenoxy) is 1. The van der Waals surface area contributed by atoms with Crippen LogP contribution in [-0.2, 0) is 6.54 Å². The molecule has 0 radical (unpaired) electrons. The summed E-state index contributed by atoms with van der Waals surface area (Å²) in [7, 11) is 0. The van der Waals surface area contributed by atoms with Gasteiger partial charge in [-0.05, 0) is 60.5 Å². The third-order valence-corrected chi connectivity index (χ3v) is 6.55. The Morgan fingerprint density at radius 2 is 1.76 bits per heavy atom. The first-order valence-corrected chi connectivity index (χ1v) is 11.8. The zero-order valence-corrected chi connectivity index (χ0v) is 20.1. The Labute approximate surface area is 213 Å². The number of hydrogen-bond acceptors (Lipinski definition) is 7. The van der Waals surface area contributed by atoms with E-state index >= 15 is 0 Å². The van der Waals surface area contributed by atoms with Crippen LogP contribution >= 0.6 is 11.3 Å². The quantitative estimate of drug-likeness (QED) is 0.265. The standard InChI is InChI=1S/C26H18F3N5O2S/c1-16-10-17(6-8-23(16)36-26(27,28)29)24-9-7-19(37-24)14-34(18-11-30-15-31-12-18)25(35)22-13-32-20-4-2-3-5-21(20)33-22/h2-13,15H,14H2,1H3. The van der Waals surface area contributed by atoms with E-state index in [1.54, 1.807) is 25.1 Å². The van der Waals surface area contributed by atoms with Crippen LogP contribution in [0.3, 0.4) is 0 Å². The van der Waals surface area contributed by atoms with Crippen molar-refractivity contribution in [3.8, 4) is 16.2 Å². The highest BCUT2D eigenvalue weighted by Crippen LogP contribution is 2.34. The molecule has 0 atom stereocenters. The van der Waals surface area contributed by atoms with E-state index in [4.69, 9.17) is 0 Å². The number of anilines is 1. The van der Waals surface area contributed by atoms with Gasteiger partial charge in [-0.3, -0.25) is 14.7 Å². The van der Waals surface area contributed by atoms with Crippen molar-refractivity contribution in [3.05, 3.63) is 95.6 Å². The molecule has 0 spiro atoms. The van der Waals surface area contributed by atoms with Crippen molar-refractivity contribution in [3.63, 3.8) is 0 Å². The van der Waals surface area contributed by atoms with Crippen molar-refractivity contribution in [2.24, 2.45) is 0 Å². The molecule has 5 rings (SSSR count). The highest BCUT2D eigenvalue weighted by atomic mass is 32.1. The Kier molecular flexibility index (Phi) is 6.53. The van der Waals surface area contributed by atoms with Crippen molar-refractivity contribution in [1.82, 2.24) is 19.9 Å². The number of hydrogen-bond donors (Lipinski definition) is 0. The predicted octanol–water partition coefficient (Wildman–Crippen LogP) is 6.20. The fourth-order valence-electron chi connectivity index (χ4n) is 3.73. The van der Waals surface area contributed by atoms with Gasteiger partial charge in [0.05, 0.1) is 41.9 Å². The summed E-state index contributed by atoms with van der Waals surface area (Å²) in [6.45, 7) is 1.76. The molecule has 0 bridgehead atoms. The molecule has 0 unspecified atom stereocenters. The Morgan fingerprint density at radius 1 is 1.00 bits per heavy atom. The summed E-state index contributed by atoms with van der Waals surface area (Å²) in [5.41, 5.74) is 3.04. The molecule has 7 nitrogen and oxygen atoms in total. The second-order valence-corrected chi connectivity index (χ2v) is 9.19. The molecule has 3 aromatic heterocycles. The van der Waals surface area contributed by atoms with Crippen molar-refractivity contribution in [2.45, 2.75) is 19.8 Å². The summed E-state index contributed by atoms with van der Waals surface area (Å²) >= 11 is 1.42. The molecule has 3 heterocycles. The molecule has 0 aliphatic carbocycles. The molecule has 0 saturated carbocycles. The minimum atomic E-state index is -4.76. The van der Waals surface area contributed by atoms with E-state index in [0.29, 0.717) is 22.3 Å². The monoisotopic (exact) mass is 521 g/mol. The maximum absolute atomic E-state index is 13.5. The van der Waals surface area contributed by atoms with Crippen LogP contribution in [0, 0.1) is 6.92 Å². The van der Waals surface area contributed by atoms with Crippen molar-refractivity contribution < 1.29 is 22.7 Å². The Balaban J connectivity index is 1.43. The fraction of sp³-hybridized carbons (Fsp3) is 0.115. The predicted molar refractivity (Wildman–Crippen MR) is 133 cm³/mol. The van der Waals surface area contributed by atoms with Gasteiger partial charge in [-0.15, -0.1) is 24.5 Å². The lowest BCUT2D eigenvalue weighted by atomic mass is 10.1. The maximum atomic E-state index is 13.5. The minimum absolute atomic E-state index is 0.176. The summed E-state index contributed by atoms with van der Waals surface area (Å²) in [6, 6.07) is 15.5. The molecule has 5 aromatic rings. The number of para-hydroxylation sites is 2. The number of benzene rings is 2. The maximum Gasteiger partial charge on any atom is 0.573 e. The van der Waals surface area contributed by atoms with Crippen molar-refractivity contribution >= 4 is 34.0 Å². The SMILES string of the molecule is Cc1cc(-c2ccc(CN(C(=O)c3cnc4ccccc4n3)c3cncnc3)s2)ccc1OC(F)(F)F. The minimum Gasteiger partial charge on any atom is -0.406 e. The number of fused-ring (bicyclic) bond motifs is 1. The van der Waals surface area contributed by atoms with E-state index in [0.717, 1.165) is 15.3 Å². The summed E-state index contributed by atoms with van der Waals surface area (Å²) in [5, 5.41) is 0. The third-order valence-electron chi connectivity index (χ3n) is 5.43. The Bertz CT molecular complexity index is 1570. The first kappa shape index (κ1) is 24.3.